The summed E-state index contributed by atoms with van der Waals surface area (Å²) >= 11 is 0. The van der Waals surface area contributed by atoms with Gasteiger partial charge in [-0.15, -0.1) is 0 Å². The van der Waals surface area contributed by atoms with Crippen LogP contribution in [0.5, 0.6) is 0 Å². The van der Waals surface area contributed by atoms with Crippen molar-refractivity contribution in [1.29, 1.82) is 0 Å². The number of hydrogen-bond donors (Lipinski definition) is 0. The third-order valence-corrected chi connectivity index (χ3v) is 5.22. The first-order valence-electron chi connectivity index (χ1n) is 9.62. The number of aryl methyl sites for hydroxylation is 2. The van der Waals surface area contributed by atoms with E-state index in [1.54, 1.807) is 11.8 Å². The molecule has 1 atom stereocenters. The summed E-state index contributed by atoms with van der Waals surface area (Å²) in [4.78, 5) is 29.6. The van der Waals surface area contributed by atoms with Crippen LogP contribution < -0.4 is 0 Å². The fourth-order valence-corrected chi connectivity index (χ4v) is 3.64. The van der Waals surface area contributed by atoms with E-state index in [0.29, 0.717) is 49.5 Å². The Morgan fingerprint density at radius 3 is 2.67 bits per heavy atom. The normalized spacial score (nSPS) is 17.9. The van der Waals surface area contributed by atoms with Crippen molar-refractivity contribution in [3.8, 4) is 0 Å². The molecular weight excluding hydrogens is 342 g/mol. The summed E-state index contributed by atoms with van der Waals surface area (Å²) in [5.74, 6) is 0.554. The van der Waals surface area contributed by atoms with E-state index in [4.69, 9.17) is 4.52 Å². The Morgan fingerprint density at radius 2 is 2.00 bits per heavy atom. The lowest BCUT2D eigenvalue weighted by Crippen LogP contribution is -2.44. The van der Waals surface area contributed by atoms with Crippen molar-refractivity contribution in [1.82, 2.24) is 15.0 Å². The molecule has 1 aromatic carbocycles. The van der Waals surface area contributed by atoms with Crippen molar-refractivity contribution in [2.45, 2.75) is 52.6 Å². The molecule has 2 heterocycles. The summed E-state index contributed by atoms with van der Waals surface area (Å²) in [6, 6.07) is 9.99. The van der Waals surface area contributed by atoms with Crippen LogP contribution in [0.4, 0.5) is 0 Å². The molecule has 27 heavy (non-hydrogen) atoms. The summed E-state index contributed by atoms with van der Waals surface area (Å²) in [5, 5.41) is 4.00. The smallest absolute Gasteiger partial charge is 0.259 e. The molecule has 1 aliphatic heterocycles. The highest BCUT2D eigenvalue weighted by molar-refractivity contribution is 5.96. The third-order valence-electron chi connectivity index (χ3n) is 5.22. The summed E-state index contributed by atoms with van der Waals surface area (Å²) < 4.78 is 5.23. The Morgan fingerprint density at radius 1 is 1.26 bits per heavy atom. The second-order valence-corrected chi connectivity index (χ2v) is 6.98. The van der Waals surface area contributed by atoms with Crippen LogP contribution in [0, 0.1) is 6.92 Å². The zero-order valence-corrected chi connectivity index (χ0v) is 16.3. The van der Waals surface area contributed by atoms with Crippen molar-refractivity contribution < 1.29 is 14.1 Å². The molecule has 0 aliphatic carbocycles. The second kappa shape index (κ2) is 8.37. The van der Waals surface area contributed by atoms with Gasteiger partial charge in [0.05, 0.1) is 5.69 Å². The molecule has 6 nitrogen and oxygen atoms in total. The van der Waals surface area contributed by atoms with Gasteiger partial charge in [0.25, 0.3) is 5.91 Å². The highest BCUT2D eigenvalue weighted by Crippen LogP contribution is 2.22. The average Bonchev–Trinajstić information content (AvgIpc) is 2.99. The van der Waals surface area contributed by atoms with E-state index in [2.05, 4.69) is 12.1 Å². The number of benzene rings is 1. The van der Waals surface area contributed by atoms with Crippen LogP contribution in [0.15, 0.2) is 34.9 Å². The van der Waals surface area contributed by atoms with Gasteiger partial charge in [0, 0.05) is 32.1 Å². The quantitative estimate of drug-likeness (QED) is 0.812. The molecule has 0 saturated carbocycles. The number of aromatic nitrogens is 1. The fourth-order valence-electron chi connectivity index (χ4n) is 3.64. The molecule has 1 aromatic heterocycles. The Hall–Kier alpha value is -2.63. The number of nitrogens with zero attached hydrogens (tertiary/aromatic N) is 3. The predicted octanol–water partition coefficient (Wildman–Crippen LogP) is 3.20. The maximum Gasteiger partial charge on any atom is 0.259 e. The number of carbonyl (C=O) groups is 2. The molecule has 0 unspecified atom stereocenters. The van der Waals surface area contributed by atoms with E-state index in [1.165, 1.54) is 0 Å². The van der Waals surface area contributed by atoms with Crippen molar-refractivity contribution in [2.24, 2.45) is 0 Å². The van der Waals surface area contributed by atoms with Crippen molar-refractivity contribution >= 4 is 11.8 Å². The molecular formula is C21H27N3O3. The van der Waals surface area contributed by atoms with E-state index in [9.17, 15) is 9.59 Å². The molecule has 1 saturated heterocycles. The second-order valence-electron chi connectivity index (χ2n) is 6.98. The standard InChI is InChI=1S/C21H27N3O3/c1-4-17-14-23(21(26)20-15(3)27-22-18(20)5-2)12-11-19(25)24(17)13-16-9-7-6-8-10-16/h6-10,17H,4-5,11-14H2,1-3H3/t17-/m0/s1. The van der Waals surface area contributed by atoms with E-state index >= 15 is 0 Å². The molecule has 1 aliphatic rings. The molecule has 0 spiro atoms. The van der Waals surface area contributed by atoms with Crippen LogP contribution in [0.25, 0.3) is 0 Å². The number of hydrogen-bond acceptors (Lipinski definition) is 4. The molecule has 144 valence electrons. The van der Waals surface area contributed by atoms with E-state index in [1.807, 2.05) is 42.2 Å². The molecule has 1 fully saturated rings. The van der Waals surface area contributed by atoms with E-state index in [0.717, 1.165) is 12.0 Å². The first kappa shape index (κ1) is 19.1. The number of carbonyl (C=O) groups excluding carboxylic acids is 2. The molecule has 0 radical (unpaired) electrons. The summed E-state index contributed by atoms with van der Waals surface area (Å²) in [6.45, 7) is 7.31. The van der Waals surface area contributed by atoms with Crippen LogP contribution >= 0.6 is 0 Å². The molecule has 0 N–H and O–H groups in total. The van der Waals surface area contributed by atoms with Gasteiger partial charge in [0.15, 0.2) is 0 Å². The van der Waals surface area contributed by atoms with Gasteiger partial charge < -0.3 is 14.3 Å². The Kier molecular flexibility index (Phi) is 5.94. The van der Waals surface area contributed by atoms with Gasteiger partial charge in [-0.1, -0.05) is 49.3 Å². The average molecular weight is 369 g/mol. The molecule has 6 heteroatoms. The molecule has 2 aromatic rings. The van der Waals surface area contributed by atoms with Crippen molar-refractivity contribution in [3.63, 3.8) is 0 Å². The maximum absolute atomic E-state index is 13.1. The first-order chi connectivity index (χ1) is 13.0. The van der Waals surface area contributed by atoms with Gasteiger partial charge >= 0.3 is 0 Å². The summed E-state index contributed by atoms with van der Waals surface area (Å²) in [7, 11) is 0. The highest BCUT2D eigenvalue weighted by Gasteiger charge is 2.33. The van der Waals surface area contributed by atoms with Crippen LogP contribution in [-0.2, 0) is 17.8 Å². The van der Waals surface area contributed by atoms with Crippen molar-refractivity contribution in [3.05, 3.63) is 52.9 Å². The Labute approximate surface area is 160 Å². The van der Waals surface area contributed by atoms with E-state index < -0.39 is 0 Å². The molecule has 2 amide bonds. The zero-order valence-electron chi connectivity index (χ0n) is 16.3. The summed E-state index contributed by atoms with van der Waals surface area (Å²) in [6.07, 6.45) is 1.77. The van der Waals surface area contributed by atoms with Gasteiger partial charge in [0.1, 0.15) is 11.3 Å². The lowest BCUT2D eigenvalue weighted by molar-refractivity contribution is -0.133. The fraction of sp³-hybridized carbons (Fsp3) is 0.476. The minimum atomic E-state index is -0.0848. The number of amides is 2. The minimum absolute atomic E-state index is 0.00519. The summed E-state index contributed by atoms with van der Waals surface area (Å²) in [5.41, 5.74) is 2.34. The first-order valence-corrected chi connectivity index (χ1v) is 9.62. The Bertz CT molecular complexity index is 800. The maximum atomic E-state index is 13.1. The van der Waals surface area contributed by atoms with E-state index in [-0.39, 0.29) is 17.9 Å². The monoisotopic (exact) mass is 369 g/mol. The van der Waals surface area contributed by atoms with Gasteiger partial charge in [-0.25, -0.2) is 0 Å². The van der Waals surface area contributed by atoms with Gasteiger partial charge in [-0.05, 0) is 25.3 Å². The SMILES string of the molecule is CCc1noc(C)c1C(=O)N1CCC(=O)N(Cc2ccccc2)[C@@H](CC)C1. The minimum Gasteiger partial charge on any atom is -0.361 e. The Balaban J connectivity index is 1.82. The van der Waals surface area contributed by atoms with Crippen LogP contribution in [0.1, 0.15) is 54.1 Å². The largest absolute Gasteiger partial charge is 0.361 e. The lowest BCUT2D eigenvalue weighted by Gasteiger charge is -2.31. The van der Waals surface area contributed by atoms with Crippen LogP contribution in [-0.4, -0.2) is 45.9 Å². The zero-order chi connectivity index (χ0) is 19.4. The lowest BCUT2D eigenvalue weighted by atomic mass is 10.1. The van der Waals surface area contributed by atoms with Crippen molar-refractivity contribution in [2.75, 3.05) is 13.1 Å². The predicted molar refractivity (Wildman–Crippen MR) is 102 cm³/mol. The van der Waals surface area contributed by atoms with Gasteiger partial charge in [-0.3, -0.25) is 9.59 Å². The third kappa shape index (κ3) is 4.04. The highest BCUT2D eigenvalue weighted by atomic mass is 16.5. The topological polar surface area (TPSA) is 66.7 Å². The number of rotatable bonds is 5. The molecule has 0 bridgehead atoms. The molecule has 3 rings (SSSR count). The van der Waals surface area contributed by atoms with Gasteiger partial charge in [-0.2, -0.15) is 0 Å². The van der Waals surface area contributed by atoms with Crippen LogP contribution in [0.2, 0.25) is 0 Å². The van der Waals surface area contributed by atoms with Gasteiger partial charge in [0.2, 0.25) is 5.91 Å². The van der Waals surface area contributed by atoms with Crippen LogP contribution in [0.3, 0.4) is 0 Å².